The Bertz CT molecular complexity index is 1050. The van der Waals surface area contributed by atoms with E-state index < -0.39 is 29.7 Å². The lowest BCUT2D eigenvalue weighted by atomic mass is 10.1. The Morgan fingerprint density at radius 1 is 1.26 bits per heavy atom. The number of likely N-dealkylation sites (N-methyl/N-ethyl adjacent to an activating group) is 1. The number of urea groups is 1. The number of ether oxygens (including phenoxy) is 1. The predicted octanol–water partition coefficient (Wildman–Crippen LogP) is 2.34. The predicted molar refractivity (Wildman–Crippen MR) is 115 cm³/mol. The van der Waals surface area contributed by atoms with Crippen LogP contribution in [0.3, 0.4) is 0 Å². The number of ketones is 1. The molecule has 3 amide bonds. The molecule has 1 aromatic heterocycles. The Labute approximate surface area is 182 Å². The number of hydrogen-bond acceptors (Lipinski definition) is 6. The number of carbonyl (C=O) groups excluding carboxylic acids is 3. The highest BCUT2D eigenvalue weighted by Crippen LogP contribution is 2.34. The van der Waals surface area contributed by atoms with E-state index in [0.29, 0.717) is 10.8 Å². The maximum Gasteiger partial charge on any atom is 0.323 e. The second-order valence-corrected chi connectivity index (χ2v) is 7.61. The van der Waals surface area contributed by atoms with Crippen LogP contribution in [0.5, 0.6) is 5.75 Å². The molecule has 0 radical (unpaired) electrons. The molecule has 0 fully saturated rings. The van der Waals surface area contributed by atoms with Crippen LogP contribution in [0, 0.1) is 0 Å². The average Bonchev–Trinajstić information content (AvgIpc) is 3.23. The molecular formula is C21H21N3O6S. The molecule has 1 atom stereocenters. The Hall–Kier alpha value is -3.66. The van der Waals surface area contributed by atoms with E-state index in [2.05, 4.69) is 5.32 Å². The summed E-state index contributed by atoms with van der Waals surface area (Å²) in [5.74, 6) is -1.50. The summed E-state index contributed by atoms with van der Waals surface area (Å²) in [7, 11) is 3.06. The zero-order valence-electron chi connectivity index (χ0n) is 16.9. The minimum atomic E-state index is -1.38. The number of hydrogen-bond donors (Lipinski definition) is 2. The highest BCUT2D eigenvalue weighted by atomic mass is 32.1. The molecule has 2 aromatic rings. The second kappa shape index (κ2) is 9.43. The standard InChI is InChI=1S/C21H21N3O6S/c1-23-9-7-16(25)19(20(23)28)24(21(29)22-8-6-18(26)27)17-11-14(12-31-17)13-4-3-5-15(10-13)30-2/h3-5,7,9-12,19H,6,8H2,1-2H3,(H,22,29)(H,26,27)/t19-/m0/s1. The van der Waals surface area contributed by atoms with Crippen molar-refractivity contribution in [2.24, 2.45) is 0 Å². The molecule has 0 saturated carbocycles. The Balaban J connectivity index is 1.96. The zero-order chi connectivity index (χ0) is 22.5. The third kappa shape index (κ3) is 4.92. The first-order valence-corrected chi connectivity index (χ1v) is 10.2. The van der Waals surface area contributed by atoms with Crippen molar-refractivity contribution in [1.29, 1.82) is 0 Å². The molecule has 1 aliphatic rings. The average molecular weight is 443 g/mol. The number of thiophene rings is 1. The van der Waals surface area contributed by atoms with Gasteiger partial charge in [-0.3, -0.25) is 19.3 Å². The first kappa shape index (κ1) is 22.0. The number of aliphatic carboxylic acids is 1. The molecule has 2 heterocycles. The summed E-state index contributed by atoms with van der Waals surface area (Å²) < 4.78 is 5.25. The maximum absolute atomic E-state index is 12.9. The van der Waals surface area contributed by atoms with Gasteiger partial charge in [0.25, 0.3) is 5.91 Å². The number of methoxy groups -OCH3 is 1. The minimum absolute atomic E-state index is 0.139. The summed E-state index contributed by atoms with van der Waals surface area (Å²) in [6.45, 7) is -0.139. The summed E-state index contributed by atoms with van der Waals surface area (Å²) >= 11 is 1.19. The fraction of sp³-hybridized carbons (Fsp3) is 0.238. The van der Waals surface area contributed by atoms with E-state index in [0.717, 1.165) is 16.0 Å². The number of carboxylic acids is 1. The van der Waals surface area contributed by atoms with Gasteiger partial charge >= 0.3 is 12.0 Å². The van der Waals surface area contributed by atoms with Gasteiger partial charge in [0, 0.05) is 31.2 Å². The zero-order valence-corrected chi connectivity index (χ0v) is 17.7. The number of carboxylic acid groups (broad SMARTS) is 1. The fourth-order valence-corrected chi connectivity index (χ4v) is 3.96. The van der Waals surface area contributed by atoms with Gasteiger partial charge in [0.2, 0.25) is 0 Å². The van der Waals surface area contributed by atoms with Crippen LogP contribution >= 0.6 is 11.3 Å². The minimum Gasteiger partial charge on any atom is -0.497 e. The second-order valence-electron chi connectivity index (χ2n) is 6.72. The van der Waals surface area contributed by atoms with E-state index in [-0.39, 0.29) is 13.0 Å². The molecule has 3 rings (SSSR count). The van der Waals surface area contributed by atoms with Crippen LogP contribution < -0.4 is 15.0 Å². The van der Waals surface area contributed by atoms with Crippen molar-refractivity contribution in [1.82, 2.24) is 10.2 Å². The molecule has 162 valence electrons. The summed E-state index contributed by atoms with van der Waals surface area (Å²) in [4.78, 5) is 51.3. The van der Waals surface area contributed by atoms with Gasteiger partial charge in [0.15, 0.2) is 11.8 Å². The summed E-state index contributed by atoms with van der Waals surface area (Å²) in [5, 5.41) is 13.5. The summed E-state index contributed by atoms with van der Waals surface area (Å²) in [6.07, 6.45) is 2.30. The smallest absolute Gasteiger partial charge is 0.323 e. The van der Waals surface area contributed by atoms with E-state index >= 15 is 0 Å². The van der Waals surface area contributed by atoms with E-state index in [4.69, 9.17) is 9.84 Å². The molecule has 9 nitrogen and oxygen atoms in total. The summed E-state index contributed by atoms with van der Waals surface area (Å²) in [6, 6.07) is 6.94. The third-order valence-electron chi connectivity index (χ3n) is 4.63. The maximum atomic E-state index is 12.9. The monoisotopic (exact) mass is 443 g/mol. The lowest BCUT2D eigenvalue weighted by Crippen LogP contribution is -2.57. The van der Waals surface area contributed by atoms with Crippen molar-refractivity contribution in [3.05, 3.63) is 48.0 Å². The molecule has 0 bridgehead atoms. The molecule has 0 unspecified atom stereocenters. The number of carbonyl (C=O) groups is 4. The van der Waals surface area contributed by atoms with E-state index in [1.165, 1.54) is 35.6 Å². The molecule has 1 aromatic carbocycles. The molecule has 0 saturated heterocycles. The van der Waals surface area contributed by atoms with Gasteiger partial charge in [0.1, 0.15) is 10.8 Å². The number of rotatable bonds is 7. The van der Waals surface area contributed by atoms with Crippen LogP contribution in [-0.2, 0) is 14.4 Å². The highest BCUT2D eigenvalue weighted by molar-refractivity contribution is 7.14. The molecule has 10 heteroatoms. The number of nitrogens with one attached hydrogen (secondary N) is 1. The van der Waals surface area contributed by atoms with Crippen molar-refractivity contribution in [3.63, 3.8) is 0 Å². The van der Waals surface area contributed by atoms with Gasteiger partial charge in [-0.15, -0.1) is 11.3 Å². The number of nitrogens with zero attached hydrogens (tertiary/aromatic N) is 2. The molecule has 0 aliphatic carbocycles. The fourth-order valence-electron chi connectivity index (χ4n) is 3.01. The van der Waals surface area contributed by atoms with E-state index in [1.807, 2.05) is 18.2 Å². The van der Waals surface area contributed by atoms with E-state index in [9.17, 15) is 19.2 Å². The SMILES string of the molecule is COc1cccc(-c2csc(N(C(=O)NCCC(=O)O)[C@H]3C(=O)C=CN(C)C3=O)c2)c1. The van der Waals surface area contributed by atoms with Crippen molar-refractivity contribution < 1.29 is 29.0 Å². The molecule has 0 spiro atoms. The largest absolute Gasteiger partial charge is 0.497 e. The van der Waals surface area contributed by atoms with Gasteiger partial charge in [-0.2, -0.15) is 0 Å². The van der Waals surface area contributed by atoms with Gasteiger partial charge in [-0.25, -0.2) is 4.79 Å². The number of amides is 3. The number of benzene rings is 1. The first-order valence-electron chi connectivity index (χ1n) is 9.32. The highest BCUT2D eigenvalue weighted by Gasteiger charge is 2.40. The molecular weight excluding hydrogens is 422 g/mol. The molecule has 31 heavy (non-hydrogen) atoms. The van der Waals surface area contributed by atoms with Crippen molar-refractivity contribution in [2.45, 2.75) is 12.5 Å². The van der Waals surface area contributed by atoms with E-state index in [1.54, 1.807) is 24.6 Å². The van der Waals surface area contributed by atoms with Gasteiger partial charge in [-0.05, 0) is 29.3 Å². The van der Waals surface area contributed by atoms with Crippen LogP contribution in [0.1, 0.15) is 6.42 Å². The van der Waals surface area contributed by atoms with Crippen molar-refractivity contribution >= 4 is 40.0 Å². The van der Waals surface area contributed by atoms with Gasteiger partial charge < -0.3 is 20.1 Å². The molecule has 1 aliphatic heterocycles. The quantitative estimate of drug-likeness (QED) is 0.635. The molecule has 2 N–H and O–H groups in total. The summed E-state index contributed by atoms with van der Waals surface area (Å²) in [5.41, 5.74) is 1.62. The van der Waals surface area contributed by atoms with Gasteiger partial charge in [0.05, 0.1) is 13.5 Å². The van der Waals surface area contributed by atoms with Crippen LogP contribution in [0.15, 0.2) is 48.0 Å². The Kier molecular flexibility index (Phi) is 6.71. The van der Waals surface area contributed by atoms with Crippen LogP contribution in [0.2, 0.25) is 0 Å². The topological polar surface area (TPSA) is 116 Å². The van der Waals surface area contributed by atoms with Crippen molar-refractivity contribution in [2.75, 3.05) is 25.6 Å². The van der Waals surface area contributed by atoms with Crippen LogP contribution in [0.4, 0.5) is 9.80 Å². The lowest BCUT2D eigenvalue weighted by molar-refractivity contribution is -0.137. The van der Waals surface area contributed by atoms with Gasteiger partial charge in [-0.1, -0.05) is 12.1 Å². The third-order valence-corrected chi connectivity index (χ3v) is 5.56. The Morgan fingerprint density at radius 2 is 2.03 bits per heavy atom. The first-order chi connectivity index (χ1) is 14.8. The Morgan fingerprint density at radius 3 is 2.74 bits per heavy atom. The normalized spacial score (nSPS) is 15.7. The van der Waals surface area contributed by atoms with Crippen LogP contribution in [-0.4, -0.2) is 60.4 Å². The number of anilines is 1. The van der Waals surface area contributed by atoms with Crippen LogP contribution in [0.25, 0.3) is 11.1 Å². The lowest BCUT2D eigenvalue weighted by Gasteiger charge is -2.32. The van der Waals surface area contributed by atoms with Crippen molar-refractivity contribution in [3.8, 4) is 16.9 Å².